The number of β-amino-alcohol motifs (C(OH)–C–C–N with tert-alkyl or cyclic N) is 2. The van der Waals surface area contributed by atoms with E-state index in [0.29, 0.717) is 0 Å². The second-order valence-electron chi connectivity index (χ2n) is 3.30. The van der Waals surface area contributed by atoms with Gasteiger partial charge in [-0.3, -0.25) is 9.69 Å². The van der Waals surface area contributed by atoms with Gasteiger partial charge < -0.3 is 15.3 Å². The van der Waals surface area contributed by atoms with Crippen molar-refractivity contribution < 1.29 is 20.1 Å². The SMILES string of the molecule is CC(C)(C(=O)O)N(CCO)CCO.[LiH]. The third-order valence-corrected chi connectivity index (χ3v) is 2.05. The molecule has 0 aliphatic heterocycles. The van der Waals surface area contributed by atoms with Gasteiger partial charge in [-0.2, -0.15) is 0 Å². The Hall–Kier alpha value is -0.0526. The molecule has 0 radical (unpaired) electrons. The normalized spacial score (nSPS) is 11.2. The van der Waals surface area contributed by atoms with Gasteiger partial charge in [0.25, 0.3) is 0 Å². The van der Waals surface area contributed by atoms with Crippen LogP contribution in [0.5, 0.6) is 0 Å². The molecular weight excluding hydrogens is 181 g/mol. The van der Waals surface area contributed by atoms with E-state index in [1.807, 2.05) is 0 Å². The molecular formula is C8H18LiNO4. The van der Waals surface area contributed by atoms with Crippen LogP contribution in [0.2, 0.25) is 0 Å². The summed E-state index contributed by atoms with van der Waals surface area (Å²) >= 11 is 0. The van der Waals surface area contributed by atoms with E-state index in [9.17, 15) is 4.79 Å². The molecule has 3 N–H and O–H groups in total. The molecule has 0 amide bonds. The summed E-state index contributed by atoms with van der Waals surface area (Å²) in [4.78, 5) is 12.3. The van der Waals surface area contributed by atoms with Crippen LogP contribution >= 0.6 is 0 Å². The minimum atomic E-state index is -1.05. The number of aliphatic hydroxyl groups excluding tert-OH is 2. The summed E-state index contributed by atoms with van der Waals surface area (Å²) in [7, 11) is 0. The summed E-state index contributed by atoms with van der Waals surface area (Å²) in [5.41, 5.74) is -1.05. The maximum absolute atomic E-state index is 10.8. The zero-order chi connectivity index (χ0) is 10.5. The third-order valence-electron chi connectivity index (χ3n) is 2.05. The predicted octanol–water partition coefficient (Wildman–Crippen LogP) is -1.51. The van der Waals surface area contributed by atoms with Crippen LogP contribution in [0.1, 0.15) is 13.8 Å². The second-order valence-corrected chi connectivity index (χ2v) is 3.30. The van der Waals surface area contributed by atoms with Gasteiger partial charge in [-0.15, -0.1) is 0 Å². The van der Waals surface area contributed by atoms with Crippen molar-refractivity contribution in [1.82, 2.24) is 4.90 Å². The van der Waals surface area contributed by atoms with Gasteiger partial charge in [-0.1, -0.05) is 0 Å². The van der Waals surface area contributed by atoms with Crippen LogP contribution in [0.4, 0.5) is 0 Å². The number of rotatable bonds is 6. The topological polar surface area (TPSA) is 81.0 Å². The predicted molar refractivity (Wildman–Crippen MR) is 54.6 cm³/mol. The van der Waals surface area contributed by atoms with E-state index in [2.05, 4.69) is 0 Å². The van der Waals surface area contributed by atoms with Gasteiger partial charge >= 0.3 is 24.8 Å². The van der Waals surface area contributed by atoms with Crippen LogP contribution in [0.15, 0.2) is 0 Å². The Morgan fingerprint density at radius 3 is 1.79 bits per heavy atom. The molecule has 0 aromatic rings. The number of aliphatic hydroxyl groups is 2. The molecule has 0 aliphatic carbocycles. The number of aliphatic carboxylic acids is 1. The van der Waals surface area contributed by atoms with Crippen molar-refractivity contribution in [2.24, 2.45) is 0 Å². The van der Waals surface area contributed by atoms with E-state index in [4.69, 9.17) is 15.3 Å². The number of carboxylic acids is 1. The second kappa shape index (κ2) is 7.27. The van der Waals surface area contributed by atoms with Crippen LogP contribution in [-0.4, -0.2) is 76.9 Å². The summed E-state index contributed by atoms with van der Waals surface area (Å²) in [6.45, 7) is 3.36. The van der Waals surface area contributed by atoms with Crippen molar-refractivity contribution in [3.05, 3.63) is 0 Å². The number of carboxylic acid groups (broad SMARTS) is 1. The van der Waals surface area contributed by atoms with E-state index in [0.717, 1.165) is 0 Å². The number of nitrogens with zero attached hydrogens (tertiary/aromatic N) is 1. The molecule has 0 aromatic carbocycles. The Bertz CT molecular complexity index is 169. The molecule has 14 heavy (non-hydrogen) atoms. The molecule has 0 spiro atoms. The first kappa shape index (κ1) is 16.4. The first-order chi connectivity index (χ1) is 5.96. The number of hydrogen-bond acceptors (Lipinski definition) is 4. The van der Waals surface area contributed by atoms with E-state index < -0.39 is 11.5 Å². The van der Waals surface area contributed by atoms with E-state index >= 15 is 0 Å². The van der Waals surface area contributed by atoms with Gasteiger partial charge in [-0.25, -0.2) is 0 Å². The summed E-state index contributed by atoms with van der Waals surface area (Å²) in [5.74, 6) is -0.964. The van der Waals surface area contributed by atoms with Crippen LogP contribution < -0.4 is 0 Å². The van der Waals surface area contributed by atoms with Gasteiger partial charge in [0.05, 0.1) is 13.2 Å². The average Bonchev–Trinajstić information content (AvgIpc) is 2.03. The standard InChI is InChI=1S/C8H17NO4.Li.H/c1-8(2,7(12)13)9(3-5-10)4-6-11;;/h10-11H,3-6H2,1-2H3,(H,12,13);;. The molecule has 0 aromatic heterocycles. The molecule has 0 fully saturated rings. The molecule has 0 saturated carbocycles. The van der Waals surface area contributed by atoms with Crippen LogP contribution in [0.25, 0.3) is 0 Å². The Morgan fingerprint density at radius 1 is 1.21 bits per heavy atom. The minimum absolute atomic E-state index is 0. The molecule has 0 atom stereocenters. The maximum atomic E-state index is 10.8. The summed E-state index contributed by atoms with van der Waals surface area (Å²) in [5, 5.41) is 26.2. The molecule has 80 valence electrons. The molecule has 0 rings (SSSR count). The molecule has 0 aliphatic rings. The first-order valence-electron chi connectivity index (χ1n) is 4.17. The quantitative estimate of drug-likeness (QED) is 0.453. The zero-order valence-electron chi connectivity index (χ0n) is 8.03. The van der Waals surface area contributed by atoms with Gasteiger partial charge in [0.2, 0.25) is 0 Å². The molecule has 0 saturated heterocycles. The Morgan fingerprint density at radius 2 is 1.57 bits per heavy atom. The molecule has 0 bridgehead atoms. The average molecular weight is 199 g/mol. The van der Waals surface area contributed by atoms with Gasteiger partial charge in [0, 0.05) is 13.1 Å². The van der Waals surface area contributed by atoms with Crippen molar-refractivity contribution >= 4 is 24.8 Å². The zero-order valence-corrected chi connectivity index (χ0v) is 8.03. The molecule has 0 unspecified atom stereocenters. The fourth-order valence-electron chi connectivity index (χ4n) is 1.05. The molecule has 0 heterocycles. The first-order valence-corrected chi connectivity index (χ1v) is 4.17. The number of carbonyl (C=O) groups is 1. The van der Waals surface area contributed by atoms with Crippen molar-refractivity contribution in [3.8, 4) is 0 Å². The summed E-state index contributed by atoms with van der Waals surface area (Å²) in [6.07, 6.45) is 0. The fourth-order valence-corrected chi connectivity index (χ4v) is 1.05. The molecule has 5 nitrogen and oxygen atoms in total. The fraction of sp³-hybridized carbons (Fsp3) is 0.875. The van der Waals surface area contributed by atoms with Crippen molar-refractivity contribution in [2.75, 3.05) is 26.3 Å². The summed E-state index contributed by atoms with van der Waals surface area (Å²) < 4.78 is 0. The van der Waals surface area contributed by atoms with Crippen LogP contribution in [-0.2, 0) is 4.79 Å². The van der Waals surface area contributed by atoms with Crippen LogP contribution in [0, 0.1) is 0 Å². The van der Waals surface area contributed by atoms with E-state index in [1.165, 1.54) is 4.90 Å². The van der Waals surface area contributed by atoms with Crippen molar-refractivity contribution in [3.63, 3.8) is 0 Å². The van der Waals surface area contributed by atoms with E-state index in [1.54, 1.807) is 13.8 Å². The monoisotopic (exact) mass is 199 g/mol. The molecule has 6 heteroatoms. The van der Waals surface area contributed by atoms with Crippen molar-refractivity contribution in [2.45, 2.75) is 19.4 Å². The Labute approximate surface area is 95.9 Å². The van der Waals surface area contributed by atoms with Crippen LogP contribution in [0.3, 0.4) is 0 Å². The summed E-state index contributed by atoms with van der Waals surface area (Å²) in [6, 6.07) is 0. The van der Waals surface area contributed by atoms with Gasteiger partial charge in [0.15, 0.2) is 0 Å². The Kier molecular flexibility index (Phi) is 8.50. The third kappa shape index (κ3) is 4.45. The van der Waals surface area contributed by atoms with Crippen molar-refractivity contribution in [1.29, 1.82) is 0 Å². The van der Waals surface area contributed by atoms with Gasteiger partial charge in [0.1, 0.15) is 5.54 Å². The Balaban J connectivity index is 0. The van der Waals surface area contributed by atoms with E-state index in [-0.39, 0.29) is 45.2 Å². The van der Waals surface area contributed by atoms with Gasteiger partial charge in [-0.05, 0) is 13.8 Å². The number of hydrogen-bond donors (Lipinski definition) is 3.